The minimum atomic E-state index is -0.802. The van der Waals surface area contributed by atoms with Gasteiger partial charge in [-0.1, -0.05) is 25.2 Å². The Morgan fingerprint density at radius 1 is 1.59 bits per heavy atom. The van der Waals surface area contributed by atoms with E-state index < -0.39 is 11.4 Å². The molecular formula is C13H15FN2O. The van der Waals surface area contributed by atoms with Crippen molar-refractivity contribution in [2.75, 3.05) is 0 Å². The van der Waals surface area contributed by atoms with Gasteiger partial charge in [0, 0.05) is 12.7 Å². The van der Waals surface area contributed by atoms with E-state index in [-0.39, 0.29) is 0 Å². The first-order chi connectivity index (χ1) is 8.06. The number of hydrogen-bond donors (Lipinski definition) is 0. The molecule has 1 aliphatic carbocycles. The molecule has 0 amide bonds. The molecule has 1 heterocycles. The number of aryl methyl sites for hydroxylation is 1. The van der Waals surface area contributed by atoms with Crippen LogP contribution in [-0.4, -0.2) is 9.55 Å². The van der Waals surface area contributed by atoms with Gasteiger partial charge in [-0.15, -0.1) is 0 Å². The summed E-state index contributed by atoms with van der Waals surface area (Å²) in [5.41, 5.74) is 0.330. The molecule has 0 spiro atoms. The fourth-order valence-corrected chi connectivity index (χ4v) is 1.80. The monoisotopic (exact) mass is 234 g/mol. The van der Waals surface area contributed by atoms with E-state index in [1.807, 2.05) is 6.08 Å². The summed E-state index contributed by atoms with van der Waals surface area (Å²) < 4.78 is 14.8. The summed E-state index contributed by atoms with van der Waals surface area (Å²) in [6.45, 7) is 4.41. The molecule has 0 unspecified atom stereocenters. The van der Waals surface area contributed by atoms with Crippen LogP contribution in [0.25, 0.3) is 0 Å². The van der Waals surface area contributed by atoms with Crippen molar-refractivity contribution >= 4 is 0 Å². The highest BCUT2D eigenvalue weighted by Gasteiger charge is 2.08. The fourth-order valence-electron chi connectivity index (χ4n) is 1.80. The number of halogens is 1. The molecule has 4 heteroatoms. The van der Waals surface area contributed by atoms with Gasteiger partial charge in [0.15, 0.2) is 0 Å². The summed E-state index contributed by atoms with van der Waals surface area (Å²) >= 11 is 0. The molecule has 1 aliphatic rings. The Morgan fingerprint density at radius 2 is 2.35 bits per heavy atom. The van der Waals surface area contributed by atoms with Crippen molar-refractivity contribution in [3.8, 4) is 0 Å². The second-order valence-electron chi connectivity index (χ2n) is 4.42. The predicted octanol–water partition coefficient (Wildman–Crippen LogP) is 2.21. The maximum absolute atomic E-state index is 13.1. The molecule has 0 saturated carbocycles. The van der Waals surface area contributed by atoms with E-state index >= 15 is 0 Å². The highest BCUT2D eigenvalue weighted by Crippen LogP contribution is 2.17. The van der Waals surface area contributed by atoms with Crippen LogP contribution in [0.5, 0.6) is 0 Å². The van der Waals surface area contributed by atoms with Crippen molar-refractivity contribution in [1.29, 1.82) is 0 Å². The van der Waals surface area contributed by atoms with Crippen molar-refractivity contribution in [3.05, 3.63) is 52.0 Å². The number of nitrogens with zero attached hydrogens (tertiary/aromatic N) is 2. The molecule has 0 aromatic carbocycles. The van der Waals surface area contributed by atoms with Crippen molar-refractivity contribution < 1.29 is 4.39 Å². The zero-order valence-corrected chi connectivity index (χ0v) is 9.98. The lowest BCUT2D eigenvalue weighted by Crippen LogP contribution is -2.19. The zero-order chi connectivity index (χ0) is 12.4. The predicted molar refractivity (Wildman–Crippen MR) is 64.2 cm³/mol. The van der Waals surface area contributed by atoms with Crippen LogP contribution in [-0.2, 0) is 6.54 Å². The molecule has 1 aromatic rings. The third kappa shape index (κ3) is 2.70. The molecule has 0 N–H and O–H groups in total. The summed E-state index contributed by atoms with van der Waals surface area (Å²) in [5, 5.41) is 0. The molecule has 0 saturated heterocycles. The summed E-state index contributed by atoms with van der Waals surface area (Å²) in [6.07, 6.45) is 8.54. The van der Waals surface area contributed by atoms with Crippen molar-refractivity contribution in [1.82, 2.24) is 9.55 Å². The van der Waals surface area contributed by atoms with E-state index in [1.165, 1.54) is 6.20 Å². The van der Waals surface area contributed by atoms with Crippen LogP contribution in [0.1, 0.15) is 19.2 Å². The molecule has 0 bridgehead atoms. The van der Waals surface area contributed by atoms with Gasteiger partial charge in [0.2, 0.25) is 5.82 Å². The van der Waals surface area contributed by atoms with Crippen LogP contribution < -0.4 is 5.56 Å². The van der Waals surface area contributed by atoms with Gasteiger partial charge in [-0.3, -0.25) is 4.79 Å². The highest BCUT2D eigenvalue weighted by atomic mass is 19.1. The lowest BCUT2D eigenvalue weighted by atomic mass is 9.98. The van der Waals surface area contributed by atoms with E-state index in [0.717, 1.165) is 12.0 Å². The summed E-state index contributed by atoms with van der Waals surface area (Å²) in [7, 11) is 0. The van der Waals surface area contributed by atoms with Gasteiger partial charge in [-0.25, -0.2) is 0 Å². The number of aromatic nitrogens is 2. The normalized spacial score (nSPS) is 19.2. The van der Waals surface area contributed by atoms with Crippen LogP contribution >= 0.6 is 0 Å². The molecule has 0 aliphatic heterocycles. The first kappa shape index (κ1) is 11.8. The maximum atomic E-state index is 13.1. The first-order valence-corrected chi connectivity index (χ1v) is 5.67. The third-order valence-corrected chi connectivity index (χ3v) is 2.90. The Hall–Kier alpha value is -1.71. The third-order valence-electron chi connectivity index (χ3n) is 2.90. The molecule has 90 valence electrons. The molecule has 1 atom stereocenters. The molecule has 3 nitrogen and oxygen atoms in total. The lowest BCUT2D eigenvalue weighted by Gasteiger charge is -2.14. The van der Waals surface area contributed by atoms with Crippen LogP contribution in [0.2, 0.25) is 0 Å². The van der Waals surface area contributed by atoms with Gasteiger partial charge in [0.25, 0.3) is 0 Å². The Labute approximate surface area is 99.3 Å². The molecule has 0 radical (unpaired) electrons. The number of rotatable bonds is 2. The van der Waals surface area contributed by atoms with Gasteiger partial charge in [-0.05, 0) is 24.8 Å². The smallest absolute Gasteiger partial charge is 0.308 e. The average Bonchev–Trinajstić information content (AvgIpc) is 2.29. The SMILES string of the molecule is Cc1nc(=O)c(F)cn1CC1=CC[C@@H](C)C=C1. The van der Waals surface area contributed by atoms with Gasteiger partial charge in [0.1, 0.15) is 5.82 Å². The number of hydrogen-bond acceptors (Lipinski definition) is 2. The van der Waals surface area contributed by atoms with Gasteiger partial charge < -0.3 is 4.57 Å². The van der Waals surface area contributed by atoms with Crippen LogP contribution in [0.3, 0.4) is 0 Å². The zero-order valence-electron chi connectivity index (χ0n) is 9.98. The van der Waals surface area contributed by atoms with E-state index in [0.29, 0.717) is 18.3 Å². The second kappa shape index (κ2) is 4.65. The molecule has 2 rings (SSSR count). The molecular weight excluding hydrogens is 219 g/mol. The summed E-state index contributed by atoms with van der Waals surface area (Å²) in [5.74, 6) is 0.289. The van der Waals surface area contributed by atoms with Crippen molar-refractivity contribution in [3.63, 3.8) is 0 Å². The highest BCUT2D eigenvalue weighted by molar-refractivity contribution is 5.23. The Bertz CT molecular complexity index is 543. The Kier molecular flexibility index (Phi) is 3.22. The number of allylic oxidation sites excluding steroid dienone is 4. The minimum Gasteiger partial charge on any atom is -0.329 e. The van der Waals surface area contributed by atoms with Gasteiger partial charge >= 0.3 is 5.56 Å². The molecule has 1 aromatic heterocycles. The van der Waals surface area contributed by atoms with Crippen LogP contribution in [0.4, 0.5) is 4.39 Å². The lowest BCUT2D eigenvalue weighted by molar-refractivity contribution is 0.565. The topological polar surface area (TPSA) is 34.9 Å². The minimum absolute atomic E-state index is 0.532. The standard InChI is InChI=1S/C13H15FN2O/c1-9-3-5-11(6-4-9)7-16-8-12(14)13(17)15-10(16)2/h3,5-6,8-9H,4,7H2,1-2H3/t9-/m0/s1. The van der Waals surface area contributed by atoms with E-state index in [4.69, 9.17) is 0 Å². The summed E-state index contributed by atoms with van der Waals surface area (Å²) in [4.78, 5) is 14.6. The van der Waals surface area contributed by atoms with Crippen LogP contribution in [0, 0.1) is 18.7 Å². The Morgan fingerprint density at radius 3 is 3.00 bits per heavy atom. The Balaban J connectivity index is 2.23. The first-order valence-electron chi connectivity index (χ1n) is 5.67. The largest absolute Gasteiger partial charge is 0.329 e. The van der Waals surface area contributed by atoms with Gasteiger partial charge in [-0.2, -0.15) is 9.37 Å². The second-order valence-corrected chi connectivity index (χ2v) is 4.42. The molecule has 0 fully saturated rings. The maximum Gasteiger partial charge on any atom is 0.308 e. The van der Waals surface area contributed by atoms with Crippen molar-refractivity contribution in [2.24, 2.45) is 5.92 Å². The van der Waals surface area contributed by atoms with E-state index in [1.54, 1.807) is 11.5 Å². The van der Waals surface area contributed by atoms with E-state index in [9.17, 15) is 9.18 Å². The summed E-state index contributed by atoms with van der Waals surface area (Å²) in [6, 6.07) is 0. The average molecular weight is 234 g/mol. The van der Waals surface area contributed by atoms with Gasteiger partial charge in [0.05, 0.1) is 0 Å². The molecule has 17 heavy (non-hydrogen) atoms. The van der Waals surface area contributed by atoms with E-state index in [2.05, 4.69) is 24.1 Å². The van der Waals surface area contributed by atoms with Crippen molar-refractivity contribution in [2.45, 2.75) is 26.8 Å². The quantitative estimate of drug-likeness (QED) is 0.786. The van der Waals surface area contributed by atoms with Crippen LogP contribution in [0.15, 0.2) is 34.8 Å². The fraction of sp³-hybridized carbons (Fsp3) is 0.385.